The summed E-state index contributed by atoms with van der Waals surface area (Å²) in [6, 6.07) is 7.72. The van der Waals surface area contributed by atoms with E-state index < -0.39 is 10.0 Å². The predicted octanol–water partition coefficient (Wildman–Crippen LogP) is 1.92. The molecule has 3 nitrogen and oxygen atoms in total. The molecule has 0 N–H and O–H groups in total. The summed E-state index contributed by atoms with van der Waals surface area (Å²) in [7, 11) is -3.21. The van der Waals surface area contributed by atoms with Gasteiger partial charge in [-0.3, -0.25) is 0 Å². The minimum Gasteiger partial charge on any atom is -0.207 e. The molecule has 1 aromatic carbocycles. The zero-order chi connectivity index (χ0) is 11.3. The zero-order valence-electron chi connectivity index (χ0n) is 9.26. The number of piperidine rings is 1. The van der Waals surface area contributed by atoms with E-state index in [0.717, 1.165) is 18.4 Å². The van der Waals surface area contributed by atoms with Crippen molar-refractivity contribution >= 4 is 10.0 Å². The number of hydrogen-bond acceptors (Lipinski definition) is 2. The Balaban J connectivity index is 1.92. The molecule has 0 bridgehead atoms. The Morgan fingerprint density at radius 3 is 2.25 bits per heavy atom. The van der Waals surface area contributed by atoms with Crippen molar-refractivity contribution in [2.45, 2.75) is 43.2 Å². The average Bonchev–Trinajstić information content (AvgIpc) is 2.77. The lowest BCUT2D eigenvalue weighted by Crippen LogP contribution is -2.17. The topological polar surface area (TPSA) is 37.1 Å². The van der Waals surface area contributed by atoms with E-state index >= 15 is 0 Å². The molecule has 1 aliphatic heterocycles. The number of aryl methyl sites for hydroxylation is 1. The van der Waals surface area contributed by atoms with Crippen molar-refractivity contribution in [2.75, 3.05) is 0 Å². The van der Waals surface area contributed by atoms with Crippen LogP contribution in [0.4, 0.5) is 0 Å². The molecule has 0 aromatic heterocycles. The second-order valence-electron chi connectivity index (χ2n) is 4.71. The minimum absolute atomic E-state index is 0.298. The number of hydrogen-bond donors (Lipinski definition) is 0. The second-order valence-corrected chi connectivity index (χ2v) is 6.56. The summed E-state index contributed by atoms with van der Waals surface area (Å²) in [6.45, 7) is 1.96. The van der Waals surface area contributed by atoms with Gasteiger partial charge in [0, 0.05) is 12.1 Å². The van der Waals surface area contributed by atoms with Crippen molar-refractivity contribution in [1.82, 2.24) is 4.31 Å². The van der Waals surface area contributed by atoms with Gasteiger partial charge < -0.3 is 0 Å². The van der Waals surface area contributed by atoms with Crippen molar-refractivity contribution in [3.63, 3.8) is 0 Å². The summed E-state index contributed by atoms with van der Waals surface area (Å²) < 4.78 is 26.2. The van der Waals surface area contributed by atoms with Gasteiger partial charge in [0.25, 0.3) is 0 Å². The number of rotatable bonds is 2. The number of fused-ring (bicyclic) bond motifs is 1. The first-order valence-electron chi connectivity index (χ1n) is 5.71. The highest BCUT2D eigenvalue weighted by atomic mass is 32.2. The van der Waals surface area contributed by atoms with Crippen LogP contribution in [-0.4, -0.2) is 24.8 Å². The molecule has 0 amide bonds. The maximum atomic E-state index is 12.2. The Bertz CT molecular complexity index is 496. The van der Waals surface area contributed by atoms with E-state index in [1.165, 1.54) is 6.42 Å². The maximum Gasteiger partial charge on any atom is 0.243 e. The summed E-state index contributed by atoms with van der Waals surface area (Å²) in [4.78, 5) is 0.438. The SMILES string of the molecule is Cc1ccc(S(=O)(=O)N2[C@@H]3CCC[C@@H]32)cc1. The summed E-state index contributed by atoms with van der Waals surface area (Å²) in [5.74, 6) is 0. The van der Waals surface area contributed by atoms with Crippen molar-refractivity contribution in [3.05, 3.63) is 29.8 Å². The Kier molecular flexibility index (Phi) is 2.13. The van der Waals surface area contributed by atoms with E-state index in [2.05, 4.69) is 0 Å². The second kappa shape index (κ2) is 3.31. The van der Waals surface area contributed by atoms with E-state index in [9.17, 15) is 8.42 Å². The van der Waals surface area contributed by atoms with E-state index in [4.69, 9.17) is 0 Å². The lowest BCUT2D eigenvalue weighted by Gasteiger charge is -2.09. The molecule has 1 aliphatic carbocycles. The fourth-order valence-electron chi connectivity index (χ4n) is 2.67. The maximum absolute atomic E-state index is 12.2. The molecule has 0 radical (unpaired) electrons. The van der Waals surface area contributed by atoms with Crippen LogP contribution in [0.25, 0.3) is 0 Å². The van der Waals surface area contributed by atoms with Crippen LogP contribution in [-0.2, 0) is 10.0 Å². The van der Waals surface area contributed by atoms with E-state index in [0.29, 0.717) is 17.0 Å². The largest absolute Gasteiger partial charge is 0.243 e. The highest BCUT2D eigenvalue weighted by Gasteiger charge is 2.57. The molecular formula is C12H15NO2S. The van der Waals surface area contributed by atoms with Gasteiger partial charge in [0.2, 0.25) is 10.0 Å². The van der Waals surface area contributed by atoms with Gasteiger partial charge in [-0.15, -0.1) is 0 Å². The molecule has 3 atom stereocenters. The van der Waals surface area contributed by atoms with Crippen LogP contribution in [0.5, 0.6) is 0 Å². The molecular weight excluding hydrogens is 222 g/mol. The fourth-order valence-corrected chi connectivity index (χ4v) is 4.55. The minimum atomic E-state index is -3.21. The third-order valence-electron chi connectivity index (χ3n) is 3.60. The quantitative estimate of drug-likeness (QED) is 0.737. The van der Waals surface area contributed by atoms with E-state index in [1.54, 1.807) is 16.4 Å². The van der Waals surface area contributed by atoms with Crippen molar-refractivity contribution in [2.24, 2.45) is 0 Å². The Hall–Kier alpha value is -0.870. The average molecular weight is 237 g/mol. The van der Waals surface area contributed by atoms with Crippen LogP contribution >= 0.6 is 0 Å². The van der Waals surface area contributed by atoms with Gasteiger partial charge in [-0.2, -0.15) is 4.31 Å². The molecule has 86 valence electrons. The Morgan fingerprint density at radius 1 is 1.12 bits per heavy atom. The highest BCUT2D eigenvalue weighted by Crippen LogP contribution is 2.46. The molecule has 4 heteroatoms. The van der Waals surface area contributed by atoms with Crippen LogP contribution in [0.2, 0.25) is 0 Å². The first kappa shape index (κ1) is 10.3. The predicted molar refractivity (Wildman–Crippen MR) is 61.6 cm³/mol. The van der Waals surface area contributed by atoms with Crippen LogP contribution in [0.3, 0.4) is 0 Å². The van der Waals surface area contributed by atoms with Gasteiger partial charge in [-0.25, -0.2) is 8.42 Å². The van der Waals surface area contributed by atoms with Crippen LogP contribution in [0.1, 0.15) is 24.8 Å². The van der Waals surface area contributed by atoms with Gasteiger partial charge in [0.05, 0.1) is 4.90 Å². The van der Waals surface area contributed by atoms with Crippen molar-refractivity contribution in [3.8, 4) is 0 Å². The first-order valence-corrected chi connectivity index (χ1v) is 7.15. The van der Waals surface area contributed by atoms with Crippen LogP contribution < -0.4 is 0 Å². The molecule has 16 heavy (non-hydrogen) atoms. The third kappa shape index (κ3) is 1.40. The van der Waals surface area contributed by atoms with Gasteiger partial charge in [0.15, 0.2) is 0 Å². The lowest BCUT2D eigenvalue weighted by atomic mass is 10.2. The van der Waals surface area contributed by atoms with Crippen molar-refractivity contribution < 1.29 is 8.42 Å². The molecule has 1 saturated heterocycles. The van der Waals surface area contributed by atoms with Gasteiger partial charge in [-0.05, 0) is 31.9 Å². The summed E-state index contributed by atoms with van der Waals surface area (Å²) in [5, 5.41) is 0. The number of benzene rings is 1. The van der Waals surface area contributed by atoms with E-state index in [1.807, 2.05) is 19.1 Å². The lowest BCUT2D eigenvalue weighted by molar-refractivity contribution is 0.517. The molecule has 2 aliphatic rings. The molecule has 2 fully saturated rings. The summed E-state index contributed by atoms with van der Waals surface area (Å²) in [5.41, 5.74) is 1.09. The van der Waals surface area contributed by atoms with E-state index in [-0.39, 0.29) is 0 Å². The van der Waals surface area contributed by atoms with Crippen LogP contribution in [0.15, 0.2) is 29.2 Å². The normalized spacial score (nSPS) is 32.4. The molecule has 1 saturated carbocycles. The monoisotopic (exact) mass is 237 g/mol. The molecule has 0 spiro atoms. The third-order valence-corrected chi connectivity index (χ3v) is 5.57. The summed E-state index contributed by atoms with van der Waals surface area (Å²) >= 11 is 0. The zero-order valence-corrected chi connectivity index (χ0v) is 10.1. The Morgan fingerprint density at radius 2 is 1.69 bits per heavy atom. The standard InChI is InChI=1S/C12H15NO2S/c1-9-5-7-10(8-6-9)16(14,15)13-11-3-2-4-12(11)13/h5-8,11-12H,2-4H2,1H3/t11-,12+,13?. The first-order chi connectivity index (χ1) is 7.60. The van der Waals surface area contributed by atoms with Crippen LogP contribution in [0, 0.1) is 6.92 Å². The molecule has 1 aromatic rings. The molecule has 1 heterocycles. The number of sulfonamides is 1. The highest BCUT2D eigenvalue weighted by molar-refractivity contribution is 7.89. The Labute approximate surface area is 96.1 Å². The van der Waals surface area contributed by atoms with Gasteiger partial charge in [-0.1, -0.05) is 24.1 Å². The molecule has 3 rings (SSSR count). The van der Waals surface area contributed by atoms with Gasteiger partial charge in [0.1, 0.15) is 0 Å². The van der Waals surface area contributed by atoms with Crippen molar-refractivity contribution in [1.29, 1.82) is 0 Å². The molecule has 1 unspecified atom stereocenters. The number of nitrogens with zero attached hydrogens (tertiary/aromatic N) is 1. The van der Waals surface area contributed by atoms with Gasteiger partial charge >= 0.3 is 0 Å². The fraction of sp³-hybridized carbons (Fsp3) is 0.500. The smallest absolute Gasteiger partial charge is 0.207 e. The summed E-state index contributed by atoms with van der Waals surface area (Å²) in [6.07, 6.45) is 3.25.